The molecule has 1 rings (SSSR count). The van der Waals surface area contributed by atoms with Gasteiger partial charge in [0.15, 0.2) is 5.43 Å². The Balaban J connectivity index is 3.36. The molecule has 4 nitrogen and oxygen atoms in total. The summed E-state index contributed by atoms with van der Waals surface area (Å²) in [5, 5.41) is 8.65. The molecule has 70 valence electrons. The molecule has 0 bridgehead atoms. The minimum absolute atomic E-state index is 0.0306. The average molecular weight is 181 g/mol. The topological polar surface area (TPSA) is 70.2 Å². The number of aromatic nitrogens is 1. The SMILES string of the molecule is CC(C)c1c[nH]cc(C(=O)O)c1=O. The van der Waals surface area contributed by atoms with E-state index in [1.807, 2.05) is 13.8 Å². The van der Waals surface area contributed by atoms with E-state index in [1.165, 1.54) is 6.20 Å². The fourth-order valence-corrected chi connectivity index (χ4v) is 1.09. The van der Waals surface area contributed by atoms with Gasteiger partial charge < -0.3 is 10.1 Å². The molecule has 0 radical (unpaired) electrons. The summed E-state index contributed by atoms with van der Waals surface area (Å²) in [5.41, 5.74) is -0.104. The zero-order valence-corrected chi connectivity index (χ0v) is 7.50. The third kappa shape index (κ3) is 1.77. The van der Waals surface area contributed by atoms with Gasteiger partial charge in [-0.2, -0.15) is 0 Å². The van der Waals surface area contributed by atoms with Gasteiger partial charge in [-0.3, -0.25) is 4.79 Å². The van der Waals surface area contributed by atoms with E-state index in [9.17, 15) is 9.59 Å². The standard InChI is InChI=1S/C9H11NO3/c1-5(2)6-3-10-4-7(8(6)11)9(12)13/h3-5H,1-2H3,(H,10,11)(H,12,13). The summed E-state index contributed by atoms with van der Waals surface area (Å²) in [7, 11) is 0. The predicted octanol–water partition coefficient (Wildman–Crippen LogP) is 1.20. The Hall–Kier alpha value is -1.58. The highest BCUT2D eigenvalue weighted by molar-refractivity contribution is 5.87. The minimum atomic E-state index is -1.19. The molecule has 13 heavy (non-hydrogen) atoms. The van der Waals surface area contributed by atoms with Crippen LogP contribution in [-0.4, -0.2) is 16.1 Å². The lowest BCUT2D eigenvalue weighted by Gasteiger charge is -2.03. The molecule has 0 aliphatic rings. The van der Waals surface area contributed by atoms with Gasteiger partial charge in [0, 0.05) is 18.0 Å². The first kappa shape index (κ1) is 9.51. The normalized spacial score (nSPS) is 10.4. The van der Waals surface area contributed by atoms with Crippen molar-refractivity contribution in [2.24, 2.45) is 0 Å². The molecule has 0 aromatic carbocycles. The Bertz CT molecular complexity index is 379. The molecule has 0 aliphatic heterocycles. The number of carboxylic acid groups (broad SMARTS) is 1. The molecule has 1 aromatic rings. The van der Waals surface area contributed by atoms with Crippen molar-refractivity contribution in [3.8, 4) is 0 Å². The largest absolute Gasteiger partial charge is 0.477 e. The summed E-state index contributed by atoms with van der Waals surface area (Å²) in [6.07, 6.45) is 2.75. The molecular weight excluding hydrogens is 170 g/mol. The van der Waals surface area contributed by atoms with E-state index in [2.05, 4.69) is 4.98 Å². The third-order valence-corrected chi connectivity index (χ3v) is 1.83. The Kier molecular flexibility index (Phi) is 2.51. The molecule has 0 saturated heterocycles. The lowest BCUT2D eigenvalue weighted by Crippen LogP contribution is -2.19. The van der Waals surface area contributed by atoms with E-state index in [-0.39, 0.29) is 11.5 Å². The van der Waals surface area contributed by atoms with Gasteiger partial charge in [-0.15, -0.1) is 0 Å². The van der Waals surface area contributed by atoms with Crippen molar-refractivity contribution < 1.29 is 9.90 Å². The van der Waals surface area contributed by atoms with E-state index < -0.39 is 11.4 Å². The summed E-state index contributed by atoms with van der Waals surface area (Å²) < 4.78 is 0. The number of hydrogen-bond acceptors (Lipinski definition) is 2. The Morgan fingerprint density at radius 3 is 2.54 bits per heavy atom. The van der Waals surface area contributed by atoms with E-state index in [0.29, 0.717) is 5.56 Å². The van der Waals surface area contributed by atoms with Crippen molar-refractivity contribution >= 4 is 5.97 Å². The Labute approximate surface area is 75.2 Å². The number of carbonyl (C=O) groups is 1. The van der Waals surface area contributed by atoms with E-state index in [1.54, 1.807) is 6.20 Å². The molecule has 0 fully saturated rings. The molecule has 1 aromatic heterocycles. The number of nitrogens with one attached hydrogen (secondary N) is 1. The molecule has 0 amide bonds. The molecule has 0 aliphatic carbocycles. The first-order valence-corrected chi connectivity index (χ1v) is 3.98. The van der Waals surface area contributed by atoms with E-state index in [0.717, 1.165) is 0 Å². The van der Waals surface area contributed by atoms with Gasteiger partial charge in [0.2, 0.25) is 0 Å². The second kappa shape index (κ2) is 3.43. The first-order chi connectivity index (χ1) is 6.04. The van der Waals surface area contributed by atoms with Gasteiger partial charge in [0.25, 0.3) is 0 Å². The maximum Gasteiger partial charge on any atom is 0.341 e. The lowest BCUT2D eigenvalue weighted by atomic mass is 10.0. The summed E-state index contributed by atoms with van der Waals surface area (Å²) in [4.78, 5) is 24.7. The smallest absolute Gasteiger partial charge is 0.341 e. The van der Waals surface area contributed by atoms with Crippen LogP contribution in [0.3, 0.4) is 0 Å². The molecule has 4 heteroatoms. The van der Waals surface area contributed by atoms with Gasteiger partial charge in [-0.25, -0.2) is 4.79 Å². The highest BCUT2D eigenvalue weighted by Gasteiger charge is 2.12. The van der Waals surface area contributed by atoms with Crippen LogP contribution in [0, 0.1) is 0 Å². The van der Waals surface area contributed by atoms with Crippen molar-refractivity contribution in [3.05, 3.63) is 33.7 Å². The molecular formula is C9H11NO3. The first-order valence-electron chi connectivity index (χ1n) is 3.98. The molecule has 0 saturated carbocycles. The Morgan fingerprint density at radius 1 is 1.46 bits per heavy atom. The van der Waals surface area contributed by atoms with Crippen LogP contribution in [0.2, 0.25) is 0 Å². The Morgan fingerprint density at radius 2 is 2.08 bits per heavy atom. The van der Waals surface area contributed by atoms with Crippen molar-refractivity contribution in [1.29, 1.82) is 0 Å². The summed E-state index contributed by atoms with van der Waals surface area (Å²) in [6, 6.07) is 0. The maximum absolute atomic E-state index is 11.5. The summed E-state index contributed by atoms with van der Waals surface area (Å²) >= 11 is 0. The number of carboxylic acids is 1. The van der Waals surface area contributed by atoms with E-state index >= 15 is 0 Å². The molecule has 0 atom stereocenters. The van der Waals surface area contributed by atoms with Crippen molar-refractivity contribution in [2.45, 2.75) is 19.8 Å². The fourth-order valence-electron chi connectivity index (χ4n) is 1.09. The van der Waals surface area contributed by atoms with Crippen LogP contribution in [0.5, 0.6) is 0 Å². The zero-order valence-electron chi connectivity index (χ0n) is 7.50. The van der Waals surface area contributed by atoms with Crippen LogP contribution >= 0.6 is 0 Å². The minimum Gasteiger partial charge on any atom is -0.477 e. The van der Waals surface area contributed by atoms with Crippen LogP contribution in [-0.2, 0) is 0 Å². The lowest BCUT2D eigenvalue weighted by molar-refractivity contribution is 0.0695. The summed E-state index contributed by atoms with van der Waals surface area (Å²) in [6.45, 7) is 3.69. The quantitative estimate of drug-likeness (QED) is 0.720. The van der Waals surface area contributed by atoms with Crippen LogP contribution in [0.1, 0.15) is 35.7 Å². The van der Waals surface area contributed by atoms with Gasteiger partial charge in [0.1, 0.15) is 5.56 Å². The van der Waals surface area contributed by atoms with Gasteiger partial charge in [-0.1, -0.05) is 13.8 Å². The van der Waals surface area contributed by atoms with Crippen molar-refractivity contribution in [1.82, 2.24) is 4.98 Å². The number of H-pyrrole nitrogens is 1. The van der Waals surface area contributed by atoms with Gasteiger partial charge in [0.05, 0.1) is 0 Å². The van der Waals surface area contributed by atoms with Gasteiger partial charge in [-0.05, 0) is 5.92 Å². The predicted molar refractivity (Wildman–Crippen MR) is 48.1 cm³/mol. The fraction of sp³-hybridized carbons (Fsp3) is 0.333. The van der Waals surface area contributed by atoms with Crippen molar-refractivity contribution in [3.63, 3.8) is 0 Å². The molecule has 0 unspecified atom stereocenters. The summed E-state index contributed by atoms with van der Waals surface area (Å²) in [5.74, 6) is -1.16. The molecule has 2 N–H and O–H groups in total. The van der Waals surface area contributed by atoms with Crippen molar-refractivity contribution in [2.75, 3.05) is 0 Å². The molecule has 0 spiro atoms. The number of aromatic carboxylic acids is 1. The van der Waals surface area contributed by atoms with Crippen LogP contribution in [0.25, 0.3) is 0 Å². The maximum atomic E-state index is 11.5. The van der Waals surface area contributed by atoms with Crippen LogP contribution < -0.4 is 5.43 Å². The zero-order chi connectivity index (χ0) is 10.0. The number of rotatable bonds is 2. The highest BCUT2D eigenvalue weighted by atomic mass is 16.4. The van der Waals surface area contributed by atoms with Crippen LogP contribution in [0.4, 0.5) is 0 Å². The highest BCUT2D eigenvalue weighted by Crippen LogP contribution is 2.08. The number of aromatic amines is 1. The average Bonchev–Trinajstić information content (AvgIpc) is 2.03. The van der Waals surface area contributed by atoms with Gasteiger partial charge >= 0.3 is 5.97 Å². The molecule has 1 heterocycles. The van der Waals surface area contributed by atoms with E-state index in [4.69, 9.17) is 5.11 Å². The monoisotopic (exact) mass is 181 g/mol. The number of pyridine rings is 1. The third-order valence-electron chi connectivity index (χ3n) is 1.83. The second-order valence-corrected chi connectivity index (χ2v) is 3.11. The second-order valence-electron chi connectivity index (χ2n) is 3.11. The van der Waals surface area contributed by atoms with Crippen LogP contribution in [0.15, 0.2) is 17.2 Å². The number of hydrogen-bond donors (Lipinski definition) is 2.